The van der Waals surface area contributed by atoms with E-state index in [0.29, 0.717) is 30.7 Å². The first-order chi connectivity index (χ1) is 14.0. The summed E-state index contributed by atoms with van der Waals surface area (Å²) in [5, 5.41) is 0. The number of ether oxygens (including phenoxy) is 1. The van der Waals surface area contributed by atoms with Gasteiger partial charge < -0.3 is 4.74 Å². The Hall–Kier alpha value is -1.49. The van der Waals surface area contributed by atoms with Crippen LogP contribution in [0.2, 0.25) is 0 Å². The lowest BCUT2D eigenvalue weighted by atomic mass is 9.44. The third kappa shape index (κ3) is 2.66. The number of carbonyl (C=O) groups is 4. The molecule has 0 aromatic heterocycles. The van der Waals surface area contributed by atoms with Gasteiger partial charge in [0.2, 0.25) is 0 Å². The SMILES string of the molecule is CC(=O)O[C@]1(C(C)=O)CC[C@H]2[C@@H]3CC(=O)C4=CC(=O)C[C@H](CCl)[C@]4(C)[C@H]3CC[C@@]21C. The molecule has 0 N–H and O–H groups in total. The summed E-state index contributed by atoms with van der Waals surface area (Å²) in [6.45, 7) is 7.08. The smallest absolute Gasteiger partial charge is 0.303 e. The second-order valence-electron chi connectivity index (χ2n) is 10.3. The quantitative estimate of drug-likeness (QED) is 0.494. The Balaban J connectivity index is 1.78. The maximum atomic E-state index is 13.2. The predicted molar refractivity (Wildman–Crippen MR) is 112 cm³/mol. The lowest BCUT2D eigenvalue weighted by Gasteiger charge is -2.60. The van der Waals surface area contributed by atoms with Crippen molar-refractivity contribution in [1.29, 1.82) is 0 Å². The molecule has 6 heteroatoms. The van der Waals surface area contributed by atoms with Gasteiger partial charge in [-0.25, -0.2) is 0 Å². The van der Waals surface area contributed by atoms with Crippen LogP contribution >= 0.6 is 11.6 Å². The van der Waals surface area contributed by atoms with Crippen molar-refractivity contribution in [2.45, 2.75) is 71.8 Å². The average Bonchev–Trinajstić information content (AvgIpc) is 2.96. The van der Waals surface area contributed by atoms with Crippen molar-refractivity contribution in [3.8, 4) is 0 Å². The van der Waals surface area contributed by atoms with Crippen molar-refractivity contribution in [1.82, 2.24) is 0 Å². The number of hydrogen-bond donors (Lipinski definition) is 0. The van der Waals surface area contributed by atoms with E-state index in [1.54, 1.807) is 6.08 Å². The van der Waals surface area contributed by atoms with E-state index in [9.17, 15) is 19.2 Å². The van der Waals surface area contributed by atoms with Crippen LogP contribution in [0.1, 0.15) is 66.2 Å². The molecule has 4 aliphatic rings. The number of ketones is 3. The first-order valence-electron chi connectivity index (χ1n) is 11.1. The molecule has 5 nitrogen and oxygen atoms in total. The molecule has 0 unspecified atom stereocenters. The van der Waals surface area contributed by atoms with Gasteiger partial charge in [0, 0.05) is 42.0 Å². The van der Waals surface area contributed by atoms with E-state index in [4.69, 9.17) is 16.3 Å². The summed E-state index contributed by atoms with van der Waals surface area (Å²) in [5.74, 6) is 0.256. The van der Waals surface area contributed by atoms with Gasteiger partial charge in [-0.15, -0.1) is 11.6 Å². The van der Waals surface area contributed by atoms with Crippen LogP contribution < -0.4 is 0 Å². The predicted octanol–water partition coefficient (Wildman–Crippen LogP) is 4.05. The van der Waals surface area contributed by atoms with Crippen LogP contribution in [-0.2, 0) is 23.9 Å². The van der Waals surface area contributed by atoms with E-state index in [-0.39, 0.29) is 41.0 Å². The normalized spacial score (nSPS) is 45.2. The van der Waals surface area contributed by atoms with E-state index in [1.165, 1.54) is 13.8 Å². The molecule has 0 aromatic rings. The van der Waals surface area contributed by atoms with E-state index >= 15 is 0 Å². The van der Waals surface area contributed by atoms with Gasteiger partial charge in [-0.05, 0) is 62.4 Å². The molecular formula is C24H31ClO5. The number of alkyl halides is 1. The molecule has 0 spiro atoms. The lowest BCUT2D eigenvalue weighted by molar-refractivity contribution is -0.188. The van der Waals surface area contributed by atoms with Gasteiger partial charge in [0.15, 0.2) is 23.0 Å². The molecule has 0 bridgehead atoms. The van der Waals surface area contributed by atoms with Crippen LogP contribution in [0.3, 0.4) is 0 Å². The van der Waals surface area contributed by atoms with Gasteiger partial charge >= 0.3 is 5.97 Å². The highest BCUT2D eigenvalue weighted by molar-refractivity contribution is 6.18. The fraction of sp³-hybridized carbons (Fsp3) is 0.750. The third-order valence-electron chi connectivity index (χ3n) is 9.30. The van der Waals surface area contributed by atoms with Crippen molar-refractivity contribution < 1.29 is 23.9 Å². The second kappa shape index (κ2) is 7.01. The number of hydrogen-bond acceptors (Lipinski definition) is 5. The molecule has 0 heterocycles. The molecule has 0 saturated heterocycles. The summed E-state index contributed by atoms with van der Waals surface area (Å²) < 4.78 is 5.78. The fourth-order valence-electron chi connectivity index (χ4n) is 7.85. The van der Waals surface area contributed by atoms with Crippen molar-refractivity contribution in [3.63, 3.8) is 0 Å². The number of allylic oxidation sites excluding steroid dienone is 1. The zero-order valence-electron chi connectivity index (χ0n) is 18.3. The third-order valence-corrected chi connectivity index (χ3v) is 9.68. The Morgan fingerprint density at radius 2 is 1.77 bits per heavy atom. The van der Waals surface area contributed by atoms with Gasteiger partial charge in [-0.2, -0.15) is 0 Å². The van der Waals surface area contributed by atoms with E-state index in [2.05, 4.69) is 13.8 Å². The van der Waals surface area contributed by atoms with E-state index < -0.39 is 22.4 Å². The molecule has 164 valence electrons. The van der Waals surface area contributed by atoms with E-state index in [0.717, 1.165) is 19.3 Å². The number of carbonyl (C=O) groups excluding carboxylic acids is 4. The van der Waals surface area contributed by atoms with Crippen LogP contribution in [-0.4, -0.2) is 34.8 Å². The maximum Gasteiger partial charge on any atom is 0.303 e. The van der Waals surface area contributed by atoms with Gasteiger partial charge in [0.25, 0.3) is 0 Å². The van der Waals surface area contributed by atoms with Gasteiger partial charge in [-0.3, -0.25) is 19.2 Å². The number of rotatable bonds is 3. The monoisotopic (exact) mass is 434 g/mol. The average molecular weight is 435 g/mol. The van der Waals surface area contributed by atoms with Crippen LogP contribution in [0.4, 0.5) is 0 Å². The Kier molecular flexibility index (Phi) is 5.08. The number of fused-ring (bicyclic) bond motifs is 5. The molecule has 0 aromatic carbocycles. The molecular weight excluding hydrogens is 404 g/mol. The molecule has 0 aliphatic heterocycles. The summed E-state index contributed by atoms with van der Waals surface area (Å²) in [4.78, 5) is 50.2. The zero-order valence-corrected chi connectivity index (χ0v) is 19.0. The first-order valence-corrected chi connectivity index (χ1v) is 11.6. The van der Waals surface area contributed by atoms with Crippen LogP contribution in [0, 0.1) is 34.5 Å². The molecule has 30 heavy (non-hydrogen) atoms. The number of halogens is 1. The van der Waals surface area contributed by atoms with Gasteiger partial charge in [0.05, 0.1) is 0 Å². The molecule has 7 atom stereocenters. The summed E-state index contributed by atoms with van der Waals surface area (Å²) in [7, 11) is 0. The fourth-order valence-corrected chi connectivity index (χ4v) is 8.28. The standard InChI is InChI=1S/C24H31ClO5/c1-13(26)24(30-14(2)27)8-6-18-17-11-21(29)20-10-16(28)9-15(12-25)23(20,4)19(17)5-7-22(18,24)3/h10,15,17-19H,5-9,11-12H2,1-4H3/t15-,17+,18+,19+,22+,23-,24+/m1/s1. The van der Waals surface area contributed by atoms with Gasteiger partial charge in [0.1, 0.15) is 0 Å². The largest absolute Gasteiger partial charge is 0.451 e. The Morgan fingerprint density at radius 1 is 1.10 bits per heavy atom. The topological polar surface area (TPSA) is 77.5 Å². The Morgan fingerprint density at radius 3 is 2.37 bits per heavy atom. The molecule has 0 radical (unpaired) electrons. The van der Waals surface area contributed by atoms with Crippen LogP contribution in [0.25, 0.3) is 0 Å². The van der Waals surface area contributed by atoms with E-state index in [1.807, 2.05) is 0 Å². The minimum absolute atomic E-state index is 0.00751. The van der Waals surface area contributed by atoms with Gasteiger partial charge in [-0.1, -0.05) is 13.8 Å². The highest BCUT2D eigenvalue weighted by Gasteiger charge is 2.69. The highest BCUT2D eigenvalue weighted by atomic mass is 35.5. The summed E-state index contributed by atoms with van der Waals surface area (Å²) in [6, 6.07) is 0. The first kappa shape index (κ1) is 21.7. The summed E-state index contributed by atoms with van der Waals surface area (Å²) >= 11 is 6.32. The van der Waals surface area contributed by atoms with Crippen molar-refractivity contribution in [2.24, 2.45) is 34.5 Å². The molecule has 4 aliphatic carbocycles. The van der Waals surface area contributed by atoms with Crippen LogP contribution in [0.15, 0.2) is 11.6 Å². The minimum Gasteiger partial charge on any atom is -0.451 e. The zero-order chi connectivity index (χ0) is 22.1. The number of Topliss-reactive ketones (excluding diaryl/α,β-unsaturated/α-hetero) is 2. The van der Waals surface area contributed by atoms with Crippen LogP contribution in [0.5, 0.6) is 0 Å². The maximum absolute atomic E-state index is 13.2. The second-order valence-corrected chi connectivity index (χ2v) is 10.6. The lowest BCUT2D eigenvalue weighted by Crippen LogP contribution is -2.60. The van der Waals surface area contributed by atoms with Crippen molar-refractivity contribution >= 4 is 34.9 Å². The molecule has 0 amide bonds. The van der Waals surface area contributed by atoms with Crippen molar-refractivity contribution in [2.75, 3.05) is 5.88 Å². The molecule has 3 saturated carbocycles. The minimum atomic E-state index is -1.11. The summed E-state index contributed by atoms with van der Waals surface area (Å²) in [5.41, 5.74) is -1.35. The Labute approximate surface area is 182 Å². The number of esters is 1. The summed E-state index contributed by atoms with van der Waals surface area (Å²) in [6.07, 6.45) is 5.20. The Bertz CT molecular complexity index is 862. The molecule has 3 fully saturated rings. The molecule has 4 rings (SSSR count). The van der Waals surface area contributed by atoms with Crippen molar-refractivity contribution in [3.05, 3.63) is 11.6 Å². The highest BCUT2D eigenvalue weighted by Crippen LogP contribution is 2.68.